The van der Waals surface area contributed by atoms with Crippen molar-refractivity contribution in [2.24, 2.45) is 0 Å². The summed E-state index contributed by atoms with van der Waals surface area (Å²) in [6.45, 7) is 0. The maximum absolute atomic E-state index is 15.3. The molecule has 0 amide bonds. The average molecular weight is 477 g/mol. The molecule has 0 bridgehead atoms. The number of nitrogen functional groups attached to an aromatic ring is 1. The van der Waals surface area contributed by atoms with E-state index in [0.29, 0.717) is 10.9 Å². The highest BCUT2D eigenvalue weighted by Crippen LogP contribution is 2.34. The van der Waals surface area contributed by atoms with Gasteiger partial charge in [-0.25, -0.2) is 27.2 Å². The van der Waals surface area contributed by atoms with E-state index in [1.807, 2.05) is 0 Å². The molecule has 0 saturated heterocycles. The Kier molecular flexibility index (Phi) is 5.57. The summed E-state index contributed by atoms with van der Waals surface area (Å²) in [6, 6.07) is 10.2. The molecule has 11 heteroatoms. The number of rotatable bonds is 5. The second-order valence-corrected chi connectivity index (χ2v) is 8.78. The molecule has 0 saturated carbocycles. The fourth-order valence-corrected chi connectivity index (χ4v) is 4.52. The molecular weight excluding hydrogens is 462 g/mol. The van der Waals surface area contributed by atoms with Crippen LogP contribution in [0, 0.1) is 11.6 Å². The maximum atomic E-state index is 15.3. The summed E-state index contributed by atoms with van der Waals surface area (Å²) in [7, 11) is -2.84. The minimum Gasteiger partial charge on any atom is -0.495 e. The van der Waals surface area contributed by atoms with Gasteiger partial charge in [-0.2, -0.15) is 0 Å². The van der Waals surface area contributed by atoms with Crippen molar-refractivity contribution in [3.05, 3.63) is 71.4 Å². The molecule has 0 radical (unpaired) electrons. The molecule has 4 aromatic rings. The Morgan fingerprint density at radius 1 is 1.09 bits per heavy atom. The number of anilines is 2. The van der Waals surface area contributed by atoms with Crippen molar-refractivity contribution in [1.82, 2.24) is 9.97 Å². The summed E-state index contributed by atoms with van der Waals surface area (Å²) < 4.78 is 62.5. The van der Waals surface area contributed by atoms with Crippen molar-refractivity contribution in [2.45, 2.75) is 4.90 Å². The number of hydrogen-bond acceptors (Lipinski definition) is 6. The number of hydrogen-bond donors (Lipinski definition) is 2. The second-order valence-electron chi connectivity index (χ2n) is 6.69. The van der Waals surface area contributed by atoms with Gasteiger partial charge in [-0.15, -0.1) is 0 Å². The van der Waals surface area contributed by atoms with Gasteiger partial charge in [-0.1, -0.05) is 17.7 Å². The first kappa shape index (κ1) is 21.7. The molecule has 0 atom stereocenters. The molecule has 1 aromatic heterocycles. The minimum absolute atomic E-state index is 0.0645. The molecule has 7 nitrogen and oxygen atoms in total. The van der Waals surface area contributed by atoms with Crippen molar-refractivity contribution >= 4 is 44.2 Å². The van der Waals surface area contributed by atoms with Crippen molar-refractivity contribution in [1.29, 1.82) is 0 Å². The maximum Gasteiger partial charge on any atom is 0.262 e. The molecule has 0 unspecified atom stereocenters. The van der Waals surface area contributed by atoms with Crippen LogP contribution >= 0.6 is 11.6 Å². The van der Waals surface area contributed by atoms with Gasteiger partial charge in [0.25, 0.3) is 10.0 Å². The van der Waals surface area contributed by atoms with Gasteiger partial charge in [0.2, 0.25) is 5.95 Å². The Labute approximate surface area is 186 Å². The number of halogens is 3. The first-order valence-corrected chi connectivity index (χ1v) is 10.9. The summed E-state index contributed by atoms with van der Waals surface area (Å²) in [4.78, 5) is 7.70. The zero-order valence-corrected chi connectivity index (χ0v) is 18.0. The number of methoxy groups -OCH3 is 1. The Balaban J connectivity index is 1.75. The molecule has 0 fully saturated rings. The fourth-order valence-electron chi connectivity index (χ4n) is 3.12. The summed E-state index contributed by atoms with van der Waals surface area (Å²) in [5.41, 5.74) is 5.39. The number of nitrogens with one attached hydrogen (secondary N) is 1. The van der Waals surface area contributed by atoms with Crippen molar-refractivity contribution in [3.63, 3.8) is 0 Å². The van der Waals surface area contributed by atoms with E-state index in [0.717, 1.165) is 12.1 Å². The minimum atomic E-state index is -4.22. The average Bonchev–Trinajstić information content (AvgIpc) is 2.75. The van der Waals surface area contributed by atoms with Crippen molar-refractivity contribution in [2.75, 3.05) is 17.6 Å². The van der Waals surface area contributed by atoms with Crippen LogP contribution in [0.25, 0.3) is 22.0 Å². The van der Waals surface area contributed by atoms with Crippen LogP contribution in [0.3, 0.4) is 0 Å². The lowest BCUT2D eigenvalue weighted by molar-refractivity contribution is 0.414. The van der Waals surface area contributed by atoms with E-state index in [-0.39, 0.29) is 27.2 Å². The second kappa shape index (κ2) is 8.21. The van der Waals surface area contributed by atoms with Crippen LogP contribution in [0.2, 0.25) is 5.02 Å². The third-order valence-electron chi connectivity index (χ3n) is 4.66. The molecule has 0 spiro atoms. The number of aromatic nitrogens is 2. The third-order valence-corrected chi connectivity index (χ3v) is 6.31. The first-order valence-electron chi connectivity index (χ1n) is 9.06. The van der Waals surface area contributed by atoms with E-state index in [9.17, 15) is 12.8 Å². The van der Waals surface area contributed by atoms with E-state index in [2.05, 4.69) is 14.7 Å². The van der Waals surface area contributed by atoms with Crippen LogP contribution in [-0.4, -0.2) is 25.5 Å². The number of nitrogens with zero attached hydrogens (tertiary/aromatic N) is 2. The molecule has 0 aliphatic rings. The molecule has 3 N–H and O–H groups in total. The van der Waals surface area contributed by atoms with E-state index >= 15 is 4.39 Å². The number of benzene rings is 3. The highest BCUT2D eigenvalue weighted by molar-refractivity contribution is 7.92. The highest BCUT2D eigenvalue weighted by atomic mass is 35.5. The lowest BCUT2D eigenvalue weighted by atomic mass is 10.0. The summed E-state index contributed by atoms with van der Waals surface area (Å²) in [6.07, 6.45) is 1.43. The Hall–Kier alpha value is -3.50. The molecule has 4 rings (SSSR count). The number of sulfonamides is 1. The zero-order chi connectivity index (χ0) is 23.0. The SMILES string of the molecule is COc1ccc(S(=O)(=O)Nc2ccc(F)c(-c3ccc4nc(N)ncc4c3)c2F)cc1Cl. The van der Waals surface area contributed by atoms with Crippen LogP contribution in [0.15, 0.2) is 59.6 Å². The van der Waals surface area contributed by atoms with E-state index in [1.165, 1.54) is 49.7 Å². The van der Waals surface area contributed by atoms with E-state index in [1.54, 1.807) is 0 Å². The van der Waals surface area contributed by atoms with Gasteiger partial charge in [0.05, 0.1) is 33.8 Å². The topological polar surface area (TPSA) is 107 Å². The highest BCUT2D eigenvalue weighted by Gasteiger charge is 2.22. The van der Waals surface area contributed by atoms with Gasteiger partial charge < -0.3 is 10.5 Å². The van der Waals surface area contributed by atoms with Crippen LogP contribution in [0.4, 0.5) is 20.4 Å². The Morgan fingerprint density at radius 2 is 1.88 bits per heavy atom. The van der Waals surface area contributed by atoms with Gasteiger partial charge in [0, 0.05) is 11.6 Å². The normalized spacial score (nSPS) is 11.5. The standard InChI is InChI=1S/C21H15ClF2N4O3S/c1-31-18-7-3-13(9-14(18)22)32(29,30)28-17-6-4-15(23)19(20(17)24)11-2-5-16-12(8-11)10-26-21(25)27-16/h2-10,28H,1H3,(H2,25,26,27). The predicted octanol–water partition coefficient (Wildman–Crippen LogP) is 4.62. The van der Waals surface area contributed by atoms with Crippen molar-refractivity contribution < 1.29 is 21.9 Å². The van der Waals surface area contributed by atoms with E-state index in [4.69, 9.17) is 22.1 Å². The molecule has 0 aliphatic heterocycles. The first-order chi connectivity index (χ1) is 15.2. The van der Waals surface area contributed by atoms with Crippen LogP contribution < -0.4 is 15.2 Å². The van der Waals surface area contributed by atoms with Gasteiger partial charge in [-0.05, 0) is 48.0 Å². The zero-order valence-electron chi connectivity index (χ0n) is 16.4. The van der Waals surface area contributed by atoms with E-state index < -0.39 is 32.9 Å². The summed E-state index contributed by atoms with van der Waals surface area (Å²) >= 11 is 5.99. The Bertz CT molecular complexity index is 1470. The lowest BCUT2D eigenvalue weighted by Crippen LogP contribution is -2.14. The Morgan fingerprint density at radius 3 is 2.59 bits per heavy atom. The molecule has 3 aromatic carbocycles. The van der Waals surface area contributed by atoms with Crippen LogP contribution in [0.1, 0.15) is 0 Å². The van der Waals surface area contributed by atoms with Gasteiger partial charge in [0.1, 0.15) is 11.6 Å². The van der Waals surface area contributed by atoms with Crippen LogP contribution in [0.5, 0.6) is 5.75 Å². The number of ether oxygens (including phenoxy) is 1. The van der Waals surface area contributed by atoms with Gasteiger partial charge in [0.15, 0.2) is 5.82 Å². The number of nitrogens with two attached hydrogens (primary N) is 1. The molecule has 1 heterocycles. The molecule has 0 aliphatic carbocycles. The smallest absolute Gasteiger partial charge is 0.262 e. The molecule has 32 heavy (non-hydrogen) atoms. The summed E-state index contributed by atoms with van der Waals surface area (Å²) in [5, 5.41) is 0.573. The predicted molar refractivity (Wildman–Crippen MR) is 118 cm³/mol. The van der Waals surface area contributed by atoms with Crippen molar-refractivity contribution in [3.8, 4) is 16.9 Å². The van der Waals surface area contributed by atoms with Gasteiger partial charge >= 0.3 is 0 Å². The third kappa shape index (κ3) is 4.02. The quantitative estimate of drug-likeness (QED) is 0.435. The van der Waals surface area contributed by atoms with Crippen LogP contribution in [-0.2, 0) is 10.0 Å². The summed E-state index contributed by atoms with van der Waals surface area (Å²) in [5.74, 6) is -1.60. The molecular formula is C21H15ClF2N4O3S. The largest absolute Gasteiger partial charge is 0.495 e. The number of fused-ring (bicyclic) bond motifs is 1. The monoisotopic (exact) mass is 476 g/mol. The van der Waals surface area contributed by atoms with Gasteiger partial charge in [-0.3, -0.25) is 4.72 Å². The fraction of sp³-hybridized carbons (Fsp3) is 0.0476. The lowest BCUT2D eigenvalue weighted by Gasteiger charge is -2.13. The molecule has 164 valence electrons.